The van der Waals surface area contributed by atoms with Gasteiger partial charge in [0, 0.05) is 0 Å². The minimum absolute atomic E-state index is 0.129. The summed E-state index contributed by atoms with van der Waals surface area (Å²) in [6, 6.07) is 0. The Labute approximate surface area is 115 Å². The second-order valence-electron chi connectivity index (χ2n) is 4.56. The molecule has 20 heavy (non-hydrogen) atoms. The van der Waals surface area contributed by atoms with Crippen molar-refractivity contribution in [2.75, 3.05) is 13.2 Å². The molecule has 0 aromatic carbocycles. The summed E-state index contributed by atoms with van der Waals surface area (Å²) in [6.07, 6.45) is -8.81. The molecule has 1 fully saturated rings. The van der Waals surface area contributed by atoms with Crippen LogP contribution in [0.3, 0.4) is 0 Å². The van der Waals surface area contributed by atoms with Crippen LogP contribution in [0.5, 0.6) is 0 Å². The second-order valence-corrected chi connectivity index (χ2v) is 4.56. The summed E-state index contributed by atoms with van der Waals surface area (Å²) < 4.78 is 9.87. The van der Waals surface area contributed by atoms with Crippen LogP contribution in [0.2, 0.25) is 0 Å². The van der Waals surface area contributed by atoms with Gasteiger partial charge >= 0.3 is 0 Å². The normalized spacial score (nSPS) is 39.5. The van der Waals surface area contributed by atoms with Crippen LogP contribution in [0.15, 0.2) is 0 Å². The molecule has 0 unspecified atom stereocenters. The van der Waals surface area contributed by atoms with Gasteiger partial charge in [0.25, 0.3) is 0 Å². The fraction of sp³-hybridized carbons (Fsp3) is 0.909. The van der Waals surface area contributed by atoms with Gasteiger partial charge in [0.05, 0.1) is 13.2 Å². The van der Waals surface area contributed by atoms with Crippen LogP contribution in [-0.4, -0.2) is 81.0 Å². The molecule has 9 nitrogen and oxygen atoms in total. The van der Waals surface area contributed by atoms with Crippen LogP contribution >= 0.6 is 0 Å². The third kappa shape index (κ3) is 2.93. The van der Waals surface area contributed by atoms with Gasteiger partial charge in [-0.05, 0) is 6.42 Å². The number of hydrogen-bond acceptors (Lipinski definition) is 9. The number of aliphatic hydroxyl groups excluding tert-OH is 5. The number of hydrogen-bond donors (Lipinski definition) is 5. The molecule has 118 valence electrons. The number of aliphatic hydroxyl groups is 5. The topological polar surface area (TPSA) is 160 Å². The quantitative estimate of drug-likeness (QED) is 0.326. The first-order valence-corrected chi connectivity index (χ1v) is 6.18. The number of aliphatic carboxylic acids is 1. The van der Waals surface area contributed by atoms with E-state index in [1.54, 1.807) is 6.92 Å². The highest BCUT2D eigenvalue weighted by Crippen LogP contribution is 2.32. The molecular formula is C11H19O9-. The summed E-state index contributed by atoms with van der Waals surface area (Å²) in [6.45, 7) is 0.695. The molecule has 0 saturated carbocycles. The van der Waals surface area contributed by atoms with Crippen LogP contribution in [-0.2, 0) is 14.3 Å². The Kier molecular flexibility index (Phi) is 5.83. The van der Waals surface area contributed by atoms with Crippen molar-refractivity contribution in [1.82, 2.24) is 0 Å². The molecule has 1 saturated heterocycles. The Hall–Kier alpha value is -0.810. The number of rotatable bonds is 6. The average molecular weight is 295 g/mol. The molecule has 0 spiro atoms. The Bertz CT molecular complexity index is 336. The molecule has 1 rings (SSSR count). The third-order valence-electron chi connectivity index (χ3n) is 3.08. The minimum atomic E-state index is -2.73. The van der Waals surface area contributed by atoms with Gasteiger partial charge in [0.1, 0.15) is 36.5 Å². The average Bonchev–Trinajstić information content (AvgIpc) is 2.43. The van der Waals surface area contributed by atoms with Crippen molar-refractivity contribution in [3.63, 3.8) is 0 Å². The van der Waals surface area contributed by atoms with Crippen LogP contribution in [0.4, 0.5) is 0 Å². The predicted molar refractivity (Wildman–Crippen MR) is 60.0 cm³/mol. The van der Waals surface area contributed by atoms with Crippen LogP contribution in [0.25, 0.3) is 0 Å². The second kappa shape index (κ2) is 6.76. The van der Waals surface area contributed by atoms with Crippen molar-refractivity contribution in [3.8, 4) is 0 Å². The Morgan fingerprint density at radius 3 is 2.45 bits per heavy atom. The maximum Gasteiger partial charge on any atom is 0.239 e. The van der Waals surface area contributed by atoms with Crippen molar-refractivity contribution in [2.45, 2.75) is 49.7 Å². The summed E-state index contributed by atoms with van der Waals surface area (Å²) in [5.74, 6) is -4.69. The molecular weight excluding hydrogens is 276 g/mol. The molecule has 5 N–H and O–H groups in total. The van der Waals surface area contributed by atoms with Crippen molar-refractivity contribution < 1.29 is 44.9 Å². The van der Waals surface area contributed by atoms with Gasteiger partial charge < -0.3 is 44.9 Å². The lowest BCUT2D eigenvalue weighted by molar-refractivity contribution is -0.407. The molecule has 0 aliphatic carbocycles. The standard InChI is InChI=1S/C11H20O9/c1-2-3-19-11(10(17)18)9(16)7(15)6(14)8(20-11)5(13)4-12/h5-9,12-16H,2-4H2,1H3,(H,17,18)/p-1/t5-,6-,7+,8-,9+,11-/m1/s1. The zero-order valence-electron chi connectivity index (χ0n) is 10.9. The summed E-state index contributed by atoms with van der Waals surface area (Å²) in [7, 11) is 0. The van der Waals surface area contributed by atoms with E-state index in [1.807, 2.05) is 0 Å². The third-order valence-corrected chi connectivity index (χ3v) is 3.08. The summed E-state index contributed by atoms with van der Waals surface area (Å²) in [4.78, 5) is 11.2. The smallest absolute Gasteiger partial charge is 0.239 e. The molecule has 1 aliphatic rings. The zero-order valence-corrected chi connectivity index (χ0v) is 10.9. The molecule has 0 aromatic heterocycles. The lowest BCUT2D eigenvalue weighted by atomic mass is 9.90. The Morgan fingerprint density at radius 1 is 1.40 bits per heavy atom. The first-order valence-electron chi connectivity index (χ1n) is 6.18. The van der Waals surface area contributed by atoms with E-state index in [2.05, 4.69) is 0 Å². The van der Waals surface area contributed by atoms with E-state index in [-0.39, 0.29) is 6.61 Å². The predicted octanol–water partition coefficient (Wildman–Crippen LogP) is -4.31. The molecule has 0 aromatic rings. The van der Waals surface area contributed by atoms with Gasteiger partial charge in [-0.15, -0.1) is 0 Å². The summed E-state index contributed by atoms with van der Waals surface area (Å²) in [5, 5.41) is 58.8. The zero-order chi connectivity index (χ0) is 15.5. The van der Waals surface area contributed by atoms with E-state index < -0.39 is 48.9 Å². The molecule has 0 radical (unpaired) electrons. The van der Waals surface area contributed by atoms with E-state index in [1.165, 1.54) is 0 Å². The van der Waals surface area contributed by atoms with Gasteiger partial charge in [-0.2, -0.15) is 0 Å². The first kappa shape index (κ1) is 17.2. The molecule has 0 amide bonds. The highest BCUT2D eigenvalue weighted by Gasteiger charge is 2.57. The number of carboxylic acids is 1. The monoisotopic (exact) mass is 295 g/mol. The largest absolute Gasteiger partial charge is 0.544 e. The number of carbonyl (C=O) groups excluding carboxylic acids is 1. The first-order chi connectivity index (χ1) is 9.31. The molecule has 1 heterocycles. The SMILES string of the molecule is CCCO[C@@]1(C(=O)[O-])O[C@H]([C@H](O)CO)[C@H](O)[C@H](O)[C@@H]1O. The van der Waals surface area contributed by atoms with E-state index in [4.69, 9.17) is 14.6 Å². The Balaban J connectivity index is 3.10. The molecule has 0 bridgehead atoms. The van der Waals surface area contributed by atoms with Gasteiger partial charge in [0.2, 0.25) is 5.79 Å². The number of carboxylic acid groups (broad SMARTS) is 1. The maximum atomic E-state index is 11.2. The van der Waals surface area contributed by atoms with Crippen LogP contribution in [0.1, 0.15) is 13.3 Å². The highest BCUT2D eigenvalue weighted by molar-refractivity contribution is 5.75. The summed E-state index contributed by atoms with van der Waals surface area (Å²) in [5.41, 5.74) is 0. The minimum Gasteiger partial charge on any atom is -0.544 e. The lowest BCUT2D eigenvalue weighted by Crippen LogP contribution is -2.73. The van der Waals surface area contributed by atoms with Crippen molar-refractivity contribution in [3.05, 3.63) is 0 Å². The maximum absolute atomic E-state index is 11.2. The van der Waals surface area contributed by atoms with E-state index in [0.29, 0.717) is 6.42 Å². The Morgan fingerprint density at radius 2 is 2.00 bits per heavy atom. The summed E-state index contributed by atoms with van der Waals surface area (Å²) >= 11 is 0. The molecule has 6 atom stereocenters. The van der Waals surface area contributed by atoms with Crippen molar-refractivity contribution in [2.24, 2.45) is 0 Å². The van der Waals surface area contributed by atoms with Gasteiger partial charge in [-0.3, -0.25) is 0 Å². The van der Waals surface area contributed by atoms with Gasteiger partial charge in [0.15, 0.2) is 0 Å². The van der Waals surface area contributed by atoms with Gasteiger partial charge in [-0.1, -0.05) is 6.92 Å². The van der Waals surface area contributed by atoms with Crippen molar-refractivity contribution in [1.29, 1.82) is 0 Å². The number of carbonyl (C=O) groups is 1. The van der Waals surface area contributed by atoms with E-state index >= 15 is 0 Å². The highest BCUT2D eigenvalue weighted by atomic mass is 16.7. The van der Waals surface area contributed by atoms with E-state index in [9.17, 15) is 30.3 Å². The fourth-order valence-electron chi connectivity index (χ4n) is 1.96. The molecule has 1 aliphatic heterocycles. The van der Waals surface area contributed by atoms with Crippen LogP contribution < -0.4 is 5.11 Å². The number of ether oxygens (including phenoxy) is 2. The van der Waals surface area contributed by atoms with Crippen molar-refractivity contribution >= 4 is 5.97 Å². The van der Waals surface area contributed by atoms with E-state index in [0.717, 1.165) is 0 Å². The van der Waals surface area contributed by atoms with Gasteiger partial charge in [-0.25, -0.2) is 0 Å². The van der Waals surface area contributed by atoms with Crippen LogP contribution in [0, 0.1) is 0 Å². The lowest BCUT2D eigenvalue weighted by Gasteiger charge is -2.49. The fourth-order valence-corrected chi connectivity index (χ4v) is 1.96. The molecule has 9 heteroatoms.